The molecular formula is C31H49NO6. The van der Waals surface area contributed by atoms with E-state index in [1.807, 2.05) is 6.08 Å². The van der Waals surface area contributed by atoms with E-state index in [0.29, 0.717) is 25.8 Å². The van der Waals surface area contributed by atoms with Crippen LogP contribution in [0.1, 0.15) is 64.7 Å². The molecule has 7 heteroatoms. The van der Waals surface area contributed by atoms with Crippen LogP contribution in [0.25, 0.3) is 0 Å². The molecule has 1 aliphatic heterocycles. The molecule has 0 aromatic rings. The predicted octanol–water partition coefficient (Wildman–Crippen LogP) is 5.08. The third-order valence-electron chi connectivity index (χ3n) is 5.80. The van der Waals surface area contributed by atoms with Crippen molar-refractivity contribution in [1.82, 2.24) is 5.32 Å². The Kier molecular flexibility index (Phi) is 21.1. The highest BCUT2D eigenvalue weighted by Gasteiger charge is 2.38. The first-order chi connectivity index (χ1) is 18.6. The van der Waals surface area contributed by atoms with Gasteiger partial charge in [0.15, 0.2) is 6.29 Å². The van der Waals surface area contributed by atoms with Gasteiger partial charge in [0.05, 0.1) is 25.4 Å². The van der Waals surface area contributed by atoms with Gasteiger partial charge in [-0.05, 0) is 44.9 Å². The Morgan fingerprint density at radius 2 is 1.42 bits per heavy atom. The van der Waals surface area contributed by atoms with Crippen molar-refractivity contribution in [1.29, 1.82) is 0 Å². The van der Waals surface area contributed by atoms with Crippen molar-refractivity contribution >= 4 is 5.91 Å². The molecule has 3 N–H and O–H groups in total. The second kappa shape index (κ2) is 23.8. The molecule has 1 fully saturated rings. The second-order valence-corrected chi connectivity index (χ2v) is 8.99. The number of amides is 1. The van der Waals surface area contributed by atoms with E-state index in [1.54, 1.807) is 0 Å². The fraction of sp³-hybridized carbons (Fsp3) is 0.581. The Labute approximate surface area is 229 Å². The van der Waals surface area contributed by atoms with Crippen LogP contribution < -0.4 is 5.32 Å². The second-order valence-electron chi connectivity index (χ2n) is 8.99. The molecule has 0 spiro atoms. The van der Waals surface area contributed by atoms with Gasteiger partial charge in [-0.1, -0.05) is 79.8 Å². The lowest BCUT2D eigenvalue weighted by atomic mass is 10.0. The van der Waals surface area contributed by atoms with Crippen LogP contribution in [0.4, 0.5) is 0 Å². The van der Waals surface area contributed by atoms with Crippen molar-refractivity contribution in [2.75, 3.05) is 26.9 Å². The molecule has 1 rings (SSSR count). The number of rotatable bonds is 20. The predicted molar refractivity (Wildman–Crippen MR) is 154 cm³/mol. The SMILES string of the molecule is CC/C=C\C/C=C\C/C=C\C/C=C\C/C=C\C/C=C\CCC(=O)NCCO[C@@H]1O[C@H](CO)C[C@H](O)[C@H]1OC. The summed E-state index contributed by atoms with van der Waals surface area (Å²) in [5.41, 5.74) is 0. The molecule has 0 aliphatic carbocycles. The molecular weight excluding hydrogens is 482 g/mol. The molecule has 0 saturated carbocycles. The van der Waals surface area contributed by atoms with Crippen LogP contribution in [-0.2, 0) is 19.0 Å². The van der Waals surface area contributed by atoms with E-state index >= 15 is 0 Å². The summed E-state index contributed by atoms with van der Waals surface area (Å²) < 4.78 is 16.5. The summed E-state index contributed by atoms with van der Waals surface area (Å²) in [5, 5.41) is 22.2. The van der Waals surface area contributed by atoms with Gasteiger partial charge in [0.2, 0.25) is 5.91 Å². The minimum Gasteiger partial charge on any atom is -0.394 e. The van der Waals surface area contributed by atoms with Crippen molar-refractivity contribution in [2.24, 2.45) is 0 Å². The maximum Gasteiger partial charge on any atom is 0.220 e. The number of hydrogen-bond acceptors (Lipinski definition) is 6. The highest BCUT2D eigenvalue weighted by molar-refractivity contribution is 5.75. The lowest BCUT2D eigenvalue weighted by Gasteiger charge is -2.38. The molecule has 0 aromatic heterocycles. The smallest absolute Gasteiger partial charge is 0.220 e. The highest BCUT2D eigenvalue weighted by Crippen LogP contribution is 2.23. The quantitative estimate of drug-likeness (QED) is 0.150. The molecule has 1 amide bonds. The lowest BCUT2D eigenvalue weighted by Crippen LogP contribution is -2.51. The van der Waals surface area contributed by atoms with Gasteiger partial charge < -0.3 is 29.7 Å². The summed E-state index contributed by atoms with van der Waals surface area (Å²) >= 11 is 0. The van der Waals surface area contributed by atoms with E-state index in [9.17, 15) is 15.0 Å². The summed E-state index contributed by atoms with van der Waals surface area (Å²) in [7, 11) is 1.48. The van der Waals surface area contributed by atoms with E-state index in [0.717, 1.165) is 38.5 Å². The number of carbonyl (C=O) groups excluding carboxylic acids is 1. The summed E-state index contributed by atoms with van der Waals surface area (Å²) in [6.07, 6.45) is 30.4. The molecule has 1 heterocycles. The molecule has 214 valence electrons. The van der Waals surface area contributed by atoms with Gasteiger partial charge in [-0.2, -0.15) is 0 Å². The molecule has 0 unspecified atom stereocenters. The van der Waals surface area contributed by atoms with Crippen LogP contribution in [0.3, 0.4) is 0 Å². The summed E-state index contributed by atoms with van der Waals surface area (Å²) in [6, 6.07) is 0. The normalized spacial score (nSPS) is 22.8. The van der Waals surface area contributed by atoms with Gasteiger partial charge in [0.1, 0.15) is 6.10 Å². The molecule has 1 saturated heterocycles. The minimum absolute atomic E-state index is 0.0470. The molecule has 38 heavy (non-hydrogen) atoms. The number of hydrogen-bond donors (Lipinski definition) is 3. The van der Waals surface area contributed by atoms with Crippen LogP contribution in [0.2, 0.25) is 0 Å². The summed E-state index contributed by atoms with van der Waals surface area (Å²) in [4.78, 5) is 12.0. The first kappa shape index (κ1) is 33.7. The first-order valence-electron chi connectivity index (χ1n) is 13.9. The van der Waals surface area contributed by atoms with Crippen molar-refractivity contribution in [3.63, 3.8) is 0 Å². The van der Waals surface area contributed by atoms with E-state index in [2.05, 4.69) is 79.1 Å². The Morgan fingerprint density at radius 1 is 0.895 bits per heavy atom. The Bertz CT molecular complexity index is 770. The maximum absolute atomic E-state index is 12.0. The Balaban J connectivity index is 2.03. The van der Waals surface area contributed by atoms with E-state index < -0.39 is 24.6 Å². The first-order valence-corrected chi connectivity index (χ1v) is 13.9. The number of aliphatic hydroxyl groups excluding tert-OH is 2. The zero-order valence-corrected chi connectivity index (χ0v) is 23.3. The average Bonchev–Trinajstić information content (AvgIpc) is 2.92. The van der Waals surface area contributed by atoms with Crippen LogP contribution in [0, 0.1) is 0 Å². The number of nitrogens with one attached hydrogen (secondary N) is 1. The highest BCUT2D eigenvalue weighted by atomic mass is 16.7. The number of allylic oxidation sites excluding steroid dienone is 12. The fourth-order valence-corrected chi connectivity index (χ4v) is 3.74. The number of methoxy groups -OCH3 is 1. The molecule has 0 aromatic carbocycles. The number of ether oxygens (including phenoxy) is 3. The van der Waals surface area contributed by atoms with Crippen LogP contribution >= 0.6 is 0 Å². The zero-order chi connectivity index (χ0) is 27.7. The standard InChI is InChI=1S/C31H49NO6/c1-3-4-5-6-7-8-9-10-11-12-13-14-15-16-17-18-19-20-21-22-29(35)32-23-24-37-31-30(36-2)28(34)25-27(26-33)38-31/h4-5,7-8,10-11,13-14,16-17,19-20,27-28,30-31,33-34H,3,6,9,12,15,18,21-26H2,1-2H3,(H,32,35)/b5-4-,8-7-,11-10-,14-13-,17-16-,20-19-/t27-,28-,30+,31+/m0/s1. The monoisotopic (exact) mass is 531 g/mol. The molecule has 4 atom stereocenters. The molecule has 1 aliphatic rings. The van der Waals surface area contributed by atoms with Gasteiger partial charge in [0.25, 0.3) is 0 Å². The topological polar surface area (TPSA) is 97.3 Å². The van der Waals surface area contributed by atoms with E-state index in [1.165, 1.54) is 7.11 Å². The zero-order valence-electron chi connectivity index (χ0n) is 23.3. The van der Waals surface area contributed by atoms with E-state index in [-0.39, 0.29) is 19.1 Å². The number of carbonyl (C=O) groups is 1. The number of aliphatic hydroxyl groups is 2. The van der Waals surface area contributed by atoms with E-state index in [4.69, 9.17) is 14.2 Å². The molecule has 0 bridgehead atoms. The largest absolute Gasteiger partial charge is 0.394 e. The fourth-order valence-electron chi connectivity index (χ4n) is 3.74. The molecule has 0 radical (unpaired) electrons. The third-order valence-corrected chi connectivity index (χ3v) is 5.80. The van der Waals surface area contributed by atoms with Gasteiger partial charge in [-0.3, -0.25) is 4.79 Å². The molecule has 7 nitrogen and oxygen atoms in total. The Morgan fingerprint density at radius 3 is 1.92 bits per heavy atom. The van der Waals surface area contributed by atoms with Crippen molar-refractivity contribution in [3.8, 4) is 0 Å². The van der Waals surface area contributed by atoms with Gasteiger partial charge >= 0.3 is 0 Å². The summed E-state index contributed by atoms with van der Waals surface area (Å²) in [5.74, 6) is -0.0470. The minimum atomic E-state index is -0.781. The van der Waals surface area contributed by atoms with Crippen molar-refractivity contribution < 1.29 is 29.2 Å². The summed E-state index contributed by atoms with van der Waals surface area (Å²) in [6.45, 7) is 2.51. The lowest BCUT2D eigenvalue weighted by molar-refractivity contribution is -0.276. The van der Waals surface area contributed by atoms with Crippen LogP contribution in [-0.4, -0.2) is 67.6 Å². The van der Waals surface area contributed by atoms with Crippen LogP contribution in [0.5, 0.6) is 0 Å². The Hall–Kier alpha value is -2.29. The van der Waals surface area contributed by atoms with Gasteiger partial charge in [0, 0.05) is 26.5 Å². The van der Waals surface area contributed by atoms with Crippen molar-refractivity contribution in [2.45, 2.75) is 89.3 Å². The van der Waals surface area contributed by atoms with Crippen molar-refractivity contribution in [3.05, 3.63) is 72.9 Å². The maximum atomic E-state index is 12.0. The average molecular weight is 532 g/mol. The van der Waals surface area contributed by atoms with Gasteiger partial charge in [-0.25, -0.2) is 0 Å². The van der Waals surface area contributed by atoms with Crippen LogP contribution in [0.15, 0.2) is 72.9 Å². The van der Waals surface area contributed by atoms with Gasteiger partial charge in [-0.15, -0.1) is 0 Å². The third kappa shape index (κ3) is 17.3.